The number of anilines is 3. The zero-order valence-electron chi connectivity index (χ0n) is 23.6. The number of furan rings is 1. The summed E-state index contributed by atoms with van der Waals surface area (Å²) in [5.74, 6) is 0.568. The second kappa shape index (κ2) is 8.69. The lowest BCUT2D eigenvalue weighted by Gasteiger charge is -2.41. The van der Waals surface area contributed by atoms with E-state index in [0.717, 1.165) is 71.9 Å². The molecule has 0 saturated heterocycles. The molecule has 0 radical (unpaired) electrons. The van der Waals surface area contributed by atoms with Crippen molar-refractivity contribution in [3.05, 3.63) is 127 Å². The maximum atomic E-state index is 6.78. The first kappa shape index (κ1) is 24.0. The van der Waals surface area contributed by atoms with E-state index in [1.807, 2.05) is 60.9 Å². The molecule has 8 aromatic rings. The van der Waals surface area contributed by atoms with E-state index in [4.69, 9.17) is 14.4 Å². The summed E-state index contributed by atoms with van der Waals surface area (Å²) in [5.41, 5.74) is 8.05. The minimum absolute atomic E-state index is 0.351. The molecule has 0 N–H and O–H groups in total. The molecule has 9 rings (SSSR count). The monoisotopic (exact) mass is 555 g/mol. The van der Waals surface area contributed by atoms with Crippen LogP contribution < -0.4 is 4.90 Å². The summed E-state index contributed by atoms with van der Waals surface area (Å²) < 4.78 is 6.78. The molecule has 4 aromatic carbocycles. The second-order valence-corrected chi connectivity index (χ2v) is 11.5. The topological polar surface area (TPSA) is 67.9 Å². The van der Waals surface area contributed by atoms with E-state index < -0.39 is 0 Å². The van der Waals surface area contributed by atoms with Crippen molar-refractivity contribution in [3.63, 3.8) is 0 Å². The van der Waals surface area contributed by atoms with Gasteiger partial charge in [0.25, 0.3) is 0 Å². The average molecular weight is 556 g/mol. The van der Waals surface area contributed by atoms with Gasteiger partial charge >= 0.3 is 0 Å². The van der Waals surface area contributed by atoms with Crippen molar-refractivity contribution in [3.8, 4) is 11.4 Å². The third-order valence-corrected chi connectivity index (χ3v) is 8.77. The zero-order valence-corrected chi connectivity index (χ0v) is 23.6. The van der Waals surface area contributed by atoms with Crippen molar-refractivity contribution >= 4 is 60.9 Å². The fourth-order valence-corrected chi connectivity index (χ4v) is 6.90. The number of aromatic nitrogens is 4. The molecular weight excluding hydrogens is 530 g/mol. The summed E-state index contributed by atoms with van der Waals surface area (Å²) in [6, 6.07) is 32.9. The molecule has 6 nitrogen and oxygen atoms in total. The Labute approximate surface area is 247 Å². The first-order valence-electron chi connectivity index (χ1n) is 14.4. The number of fused-ring (bicyclic) bond motifs is 10. The predicted octanol–water partition coefficient (Wildman–Crippen LogP) is 9.25. The van der Waals surface area contributed by atoms with Gasteiger partial charge in [-0.2, -0.15) is 0 Å². The quantitative estimate of drug-likeness (QED) is 0.212. The van der Waals surface area contributed by atoms with Gasteiger partial charge in [-0.1, -0.05) is 74.5 Å². The van der Waals surface area contributed by atoms with Crippen LogP contribution in [0, 0.1) is 0 Å². The second-order valence-electron chi connectivity index (χ2n) is 11.5. The Bertz CT molecular complexity index is 2390. The Balaban J connectivity index is 1.48. The summed E-state index contributed by atoms with van der Waals surface area (Å²) in [5, 5.41) is 5.27. The lowest BCUT2D eigenvalue weighted by atomic mass is 9.71. The van der Waals surface area contributed by atoms with Crippen molar-refractivity contribution in [2.75, 3.05) is 4.90 Å². The minimum atomic E-state index is -0.351. The van der Waals surface area contributed by atoms with Crippen LogP contribution in [-0.2, 0) is 5.41 Å². The largest absolute Gasteiger partial charge is 0.454 e. The van der Waals surface area contributed by atoms with E-state index in [-0.39, 0.29) is 5.41 Å². The molecule has 1 aliphatic heterocycles. The normalized spacial score (nSPS) is 14.0. The highest BCUT2D eigenvalue weighted by atomic mass is 16.3. The van der Waals surface area contributed by atoms with Crippen LogP contribution in [0.25, 0.3) is 55.0 Å². The van der Waals surface area contributed by atoms with Crippen molar-refractivity contribution < 1.29 is 4.42 Å². The van der Waals surface area contributed by atoms with Crippen LogP contribution >= 0.6 is 0 Å². The lowest BCUT2D eigenvalue weighted by Crippen LogP contribution is -2.32. The zero-order chi connectivity index (χ0) is 28.7. The summed E-state index contributed by atoms with van der Waals surface area (Å²) in [6.07, 6.45) is 5.65. The van der Waals surface area contributed by atoms with Crippen LogP contribution in [0.1, 0.15) is 25.0 Å². The Morgan fingerprint density at radius 2 is 1.49 bits per heavy atom. The van der Waals surface area contributed by atoms with Crippen LogP contribution in [-0.4, -0.2) is 19.9 Å². The number of hydrogen-bond donors (Lipinski definition) is 0. The smallest absolute Gasteiger partial charge is 0.235 e. The molecule has 0 atom stereocenters. The molecule has 0 amide bonds. The SMILES string of the molecule is CC1(C)c2ccccc2N(c2nc(-c3ccccn3)c3ccccc3n2)c2c1c1ccncc1c1c2oc2ccccc21. The Kier molecular flexibility index (Phi) is 4.86. The molecule has 204 valence electrons. The highest BCUT2D eigenvalue weighted by molar-refractivity contribution is 6.25. The predicted molar refractivity (Wildman–Crippen MR) is 172 cm³/mol. The number of para-hydroxylation sites is 3. The molecule has 0 unspecified atom stereocenters. The summed E-state index contributed by atoms with van der Waals surface area (Å²) >= 11 is 0. The number of benzene rings is 4. The van der Waals surface area contributed by atoms with Gasteiger partial charge in [0.2, 0.25) is 5.95 Å². The maximum Gasteiger partial charge on any atom is 0.235 e. The van der Waals surface area contributed by atoms with Crippen molar-refractivity contribution in [2.24, 2.45) is 0 Å². The molecule has 1 aliphatic rings. The third-order valence-electron chi connectivity index (χ3n) is 8.77. The van der Waals surface area contributed by atoms with Crippen LogP contribution in [0.4, 0.5) is 17.3 Å². The van der Waals surface area contributed by atoms with Gasteiger partial charge in [0.15, 0.2) is 5.58 Å². The first-order valence-corrected chi connectivity index (χ1v) is 14.4. The molecule has 0 aliphatic carbocycles. The van der Waals surface area contributed by atoms with Gasteiger partial charge in [-0.15, -0.1) is 0 Å². The third kappa shape index (κ3) is 3.29. The van der Waals surface area contributed by atoms with Crippen molar-refractivity contribution in [2.45, 2.75) is 19.3 Å². The molecule has 6 heteroatoms. The van der Waals surface area contributed by atoms with Crippen molar-refractivity contribution in [1.29, 1.82) is 0 Å². The van der Waals surface area contributed by atoms with Gasteiger partial charge in [0.1, 0.15) is 11.3 Å². The van der Waals surface area contributed by atoms with Crippen LogP contribution in [0.2, 0.25) is 0 Å². The van der Waals surface area contributed by atoms with Gasteiger partial charge in [-0.25, -0.2) is 9.97 Å². The van der Waals surface area contributed by atoms with Gasteiger partial charge in [0.05, 0.1) is 22.6 Å². The van der Waals surface area contributed by atoms with Crippen LogP contribution in [0.5, 0.6) is 0 Å². The van der Waals surface area contributed by atoms with E-state index in [1.165, 1.54) is 5.56 Å². The van der Waals surface area contributed by atoms with Crippen molar-refractivity contribution in [1.82, 2.24) is 19.9 Å². The van der Waals surface area contributed by atoms with E-state index >= 15 is 0 Å². The van der Waals surface area contributed by atoms with E-state index in [2.05, 4.69) is 77.2 Å². The molecule has 5 heterocycles. The molecule has 0 fully saturated rings. The molecule has 43 heavy (non-hydrogen) atoms. The summed E-state index contributed by atoms with van der Waals surface area (Å²) in [4.78, 5) is 21.9. The number of nitrogens with zero attached hydrogens (tertiary/aromatic N) is 5. The van der Waals surface area contributed by atoms with Gasteiger partial charge in [-0.3, -0.25) is 14.9 Å². The Morgan fingerprint density at radius 3 is 2.37 bits per heavy atom. The Hall–Kier alpha value is -5.62. The van der Waals surface area contributed by atoms with Gasteiger partial charge in [-0.05, 0) is 52.9 Å². The maximum absolute atomic E-state index is 6.78. The van der Waals surface area contributed by atoms with Gasteiger partial charge < -0.3 is 4.42 Å². The highest BCUT2D eigenvalue weighted by Gasteiger charge is 2.42. The highest BCUT2D eigenvalue weighted by Crippen LogP contribution is 2.57. The van der Waals surface area contributed by atoms with E-state index in [0.29, 0.717) is 5.95 Å². The minimum Gasteiger partial charge on any atom is -0.454 e. The molecule has 4 aromatic heterocycles. The summed E-state index contributed by atoms with van der Waals surface area (Å²) in [6.45, 7) is 4.58. The van der Waals surface area contributed by atoms with E-state index in [1.54, 1.807) is 6.20 Å². The number of pyridine rings is 2. The average Bonchev–Trinajstić information content (AvgIpc) is 3.45. The van der Waals surface area contributed by atoms with Crippen LogP contribution in [0.3, 0.4) is 0 Å². The first-order chi connectivity index (χ1) is 21.1. The van der Waals surface area contributed by atoms with Crippen LogP contribution in [0.15, 0.2) is 120 Å². The molecule has 0 spiro atoms. The fraction of sp³-hybridized carbons (Fsp3) is 0.0811. The lowest BCUT2D eigenvalue weighted by molar-refractivity contribution is 0.628. The van der Waals surface area contributed by atoms with E-state index in [9.17, 15) is 0 Å². The number of hydrogen-bond acceptors (Lipinski definition) is 6. The number of rotatable bonds is 2. The summed E-state index contributed by atoms with van der Waals surface area (Å²) in [7, 11) is 0. The Morgan fingerprint density at radius 1 is 0.698 bits per heavy atom. The molecule has 0 saturated carbocycles. The molecular formula is C37H25N5O. The fourth-order valence-electron chi connectivity index (χ4n) is 6.90. The molecule has 0 bridgehead atoms. The van der Waals surface area contributed by atoms with Gasteiger partial charge in [0, 0.05) is 45.6 Å². The standard InChI is InChI=1S/C37H25N5O/c1-37(2)26-13-5-7-16-29(26)42(36-40-27-14-6-3-11-23(27)33(41-36)28-15-9-10-19-39-28)34-32(37)22-18-20-38-21-25(22)31-24-12-4-8-17-30(24)43-35(31)34/h3-21H,1-2H3.